The molecule has 6 nitrogen and oxygen atoms in total. The van der Waals surface area contributed by atoms with Crippen LogP contribution in [0.25, 0.3) is 5.70 Å². The van der Waals surface area contributed by atoms with Gasteiger partial charge in [0.15, 0.2) is 0 Å². The average Bonchev–Trinajstić information content (AvgIpc) is 3.11. The molecule has 0 radical (unpaired) electrons. The zero-order valence-corrected chi connectivity index (χ0v) is 30.1. The fourth-order valence-corrected chi connectivity index (χ4v) is 4.23. The molecule has 0 aliphatic heterocycles. The number of methoxy groups -OCH3 is 1. The quantitative estimate of drug-likeness (QED) is 0.0646. The molecule has 1 aromatic carbocycles. The Kier molecular flexibility index (Phi) is 28.5. The molecule has 46 heavy (non-hydrogen) atoms. The van der Waals surface area contributed by atoms with Crippen LogP contribution < -0.4 is 10.6 Å². The third-order valence-corrected chi connectivity index (χ3v) is 6.61. The first kappa shape index (κ1) is 44.1. The summed E-state index contributed by atoms with van der Waals surface area (Å²) in [6.07, 6.45) is 17.9. The van der Waals surface area contributed by atoms with Gasteiger partial charge >= 0.3 is 5.97 Å². The number of unbranched alkanes of at least 4 members (excludes halogenated alkanes) is 1. The molecule has 2 N–H and O–H groups in total. The van der Waals surface area contributed by atoms with E-state index in [9.17, 15) is 9.18 Å². The standard InChI is InChI=1S/C35H49FN4O2.2C2H6/c1-8-15-33(29(10-3)24-27(5)25-36)40-34(37-6)26-38-22-14-23-39-32(11-4)31-20-18-30(19-21-31)28(9-2)16-12-13-17-35(41)42-7;2*1-2/h8,10-11,15,18-21,23-24,26,28,37-38H,3,5,9,12-14,16-17,22,25H2,1-2,4,6-7H3;2*1-2H3/b15-8-,29-24+,32-11-,34-26+,39-23?,40-33+;;. The van der Waals surface area contributed by atoms with Crippen LogP contribution in [0.2, 0.25) is 0 Å². The van der Waals surface area contributed by atoms with Crippen molar-refractivity contribution in [3.8, 4) is 0 Å². The van der Waals surface area contributed by atoms with Crippen LogP contribution in [-0.4, -0.2) is 45.3 Å². The Hall–Kier alpha value is -4.00. The number of esters is 1. The number of carbonyl (C=O) groups is 1. The number of hydrogen-bond acceptors (Lipinski definition) is 6. The Morgan fingerprint density at radius 2 is 1.78 bits per heavy atom. The lowest BCUT2D eigenvalue weighted by molar-refractivity contribution is -0.140. The molecule has 0 aliphatic carbocycles. The molecule has 0 bridgehead atoms. The van der Waals surface area contributed by atoms with Crippen LogP contribution in [0.15, 0.2) is 101 Å². The van der Waals surface area contributed by atoms with E-state index in [-0.39, 0.29) is 5.97 Å². The molecule has 0 heterocycles. The summed E-state index contributed by atoms with van der Waals surface area (Å²) >= 11 is 0. The Morgan fingerprint density at radius 1 is 1.11 bits per heavy atom. The lowest BCUT2D eigenvalue weighted by Gasteiger charge is -2.16. The minimum Gasteiger partial charge on any atom is -0.469 e. The fraction of sp³-hybridized carbons (Fsp3) is 0.462. The number of alkyl halides is 1. The highest BCUT2D eigenvalue weighted by molar-refractivity contribution is 6.11. The van der Waals surface area contributed by atoms with Crippen molar-refractivity contribution >= 4 is 23.6 Å². The summed E-state index contributed by atoms with van der Waals surface area (Å²) in [7, 11) is 3.23. The van der Waals surface area contributed by atoms with Gasteiger partial charge in [-0.2, -0.15) is 0 Å². The van der Waals surface area contributed by atoms with Crippen molar-refractivity contribution in [1.29, 1.82) is 0 Å². The third kappa shape index (κ3) is 18.7. The van der Waals surface area contributed by atoms with Crippen LogP contribution in [0.3, 0.4) is 0 Å². The summed E-state index contributed by atoms with van der Waals surface area (Å²) in [5.41, 5.74) is 5.03. The predicted octanol–water partition coefficient (Wildman–Crippen LogP) is 10.1. The van der Waals surface area contributed by atoms with Crippen LogP contribution in [0.4, 0.5) is 4.39 Å². The predicted molar refractivity (Wildman–Crippen MR) is 200 cm³/mol. The molecule has 0 aliphatic rings. The van der Waals surface area contributed by atoms with Gasteiger partial charge in [-0.25, -0.2) is 9.38 Å². The number of halogens is 1. The first-order valence-electron chi connectivity index (χ1n) is 16.6. The molecule has 1 unspecified atom stereocenters. The number of rotatable bonds is 20. The number of nitrogens with one attached hydrogen (secondary N) is 2. The normalized spacial score (nSPS) is 12.9. The average molecular weight is 637 g/mol. The minimum atomic E-state index is -0.626. The molecule has 256 valence electrons. The van der Waals surface area contributed by atoms with E-state index in [0.29, 0.717) is 41.6 Å². The number of nitrogens with zero attached hydrogens (tertiary/aromatic N) is 2. The molecule has 0 fully saturated rings. The largest absolute Gasteiger partial charge is 0.469 e. The second kappa shape index (κ2) is 29.7. The Bertz CT molecular complexity index is 1170. The van der Waals surface area contributed by atoms with Crippen molar-refractivity contribution in [3.05, 3.63) is 102 Å². The highest BCUT2D eigenvalue weighted by Gasteiger charge is 2.11. The van der Waals surface area contributed by atoms with Gasteiger partial charge in [-0.05, 0) is 73.5 Å². The molecule has 0 amide bonds. The smallest absolute Gasteiger partial charge is 0.305 e. The van der Waals surface area contributed by atoms with E-state index in [1.165, 1.54) is 12.7 Å². The summed E-state index contributed by atoms with van der Waals surface area (Å²) in [4.78, 5) is 20.7. The second-order valence-corrected chi connectivity index (χ2v) is 9.65. The number of carbonyl (C=O) groups excluding carboxylic acids is 1. The Morgan fingerprint density at radius 3 is 2.30 bits per heavy atom. The van der Waals surface area contributed by atoms with Crippen molar-refractivity contribution in [2.24, 2.45) is 9.98 Å². The summed E-state index contributed by atoms with van der Waals surface area (Å²) in [6, 6.07) is 8.65. The van der Waals surface area contributed by atoms with Crippen LogP contribution in [0.5, 0.6) is 0 Å². The van der Waals surface area contributed by atoms with Crippen molar-refractivity contribution in [2.75, 3.05) is 27.4 Å². The summed E-state index contributed by atoms with van der Waals surface area (Å²) in [5, 5.41) is 6.34. The monoisotopic (exact) mass is 636 g/mol. The Balaban J connectivity index is 0. The van der Waals surface area contributed by atoms with Gasteiger partial charge in [0.05, 0.1) is 18.5 Å². The van der Waals surface area contributed by atoms with Gasteiger partial charge in [0.1, 0.15) is 12.5 Å². The molecular weight excluding hydrogens is 575 g/mol. The van der Waals surface area contributed by atoms with Gasteiger partial charge in [0, 0.05) is 38.8 Å². The molecule has 0 saturated carbocycles. The molecule has 0 spiro atoms. The first-order chi connectivity index (χ1) is 22.4. The van der Waals surface area contributed by atoms with Gasteiger partial charge in [-0.3, -0.25) is 9.79 Å². The number of ether oxygens (including phenoxy) is 1. The van der Waals surface area contributed by atoms with E-state index < -0.39 is 6.67 Å². The third-order valence-electron chi connectivity index (χ3n) is 6.61. The summed E-state index contributed by atoms with van der Waals surface area (Å²) in [5.74, 6) is 0.963. The molecular formula is C39H61FN4O2. The van der Waals surface area contributed by atoms with Gasteiger partial charge in [-0.15, -0.1) is 0 Å². The first-order valence-corrected chi connectivity index (χ1v) is 16.6. The maximum absolute atomic E-state index is 12.9. The maximum Gasteiger partial charge on any atom is 0.305 e. The van der Waals surface area contributed by atoms with Crippen LogP contribution in [0, 0.1) is 0 Å². The van der Waals surface area contributed by atoms with Crippen molar-refractivity contribution in [3.63, 3.8) is 0 Å². The fourth-order valence-electron chi connectivity index (χ4n) is 4.23. The second-order valence-electron chi connectivity index (χ2n) is 9.65. The molecule has 0 aromatic heterocycles. The lowest BCUT2D eigenvalue weighted by atomic mass is 9.90. The van der Waals surface area contributed by atoms with E-state index in [4.69, 9.17) is 9.73 Å². The van der Waals surface area contributed by atoms with Gasteiger partial charge in [0.2, 0.25) is 0 Å². The van der Waals surface area contributed by atoms with Crippen molar-refractivity contribution in [2.45, 2.75) is 92.9 Å². The van der Waals surface area contributed by atoms with E-state index >= 15 is 0 Å². The van der Waals surface area contributed by atoms with Crippen LogP contribution in [-0.2, 0) is 9.53 Å². The molecule has 1 rings (SSSR count). The van der Waals surface area contributed by atoms with E-state index in [2.05, 4.69) is 60.0 Å². The Labute approximate surface area is 280 Å². The highest BCUT2D eigenvalue weighted by atomic mass is 19.1. The van der Waals surface area contributed by atoms with Crippen molar-refractivity contribution in [1.82, 2.24) is 10.6 Å². The molecule has 1 atom stereocenters. The maximum atomic E-state index is 12.9. The number of allylic oxidation sites excluding steroid dienone is 7. The number of hydrogen-bond donors (Lipinski definition) is 2. The van der Waals surface area contributed by atoms with Gasteiger partial charge in [0.25, 0.3) is 0 Å². The lowest BCUT2D eigenvalue weighted by Crippen LogP contribution is -2.14. The van der Waals surface area contributed by atoms with E-state index in [0.717, 1.165) is 43.4 Å². The SMILES string of the molecule is C=CC(=C\C(=C)CF)/C(/C=C\C)=N/C(=C/NCCC=N/C(=C\C)c1ccc(C(CC)CCCCC(=O)OC)cc1)NC.CC.CC. The zero-order chi connectivity index (χ0) is 35.2. The van der Waals surface area contributed by atoms with Crippen LogP contribution in [0.1, 0.15) is 104 Å². The highest BCUT2D eigenvalue weighted by Crippen LogP contribution is 2.27. The van der Waals surface area contributed by atoms with E-state index in [1.807, 2.05) is 66.0 Å². The van der Waals surface area contributed by atoms with Crippen LogP contribution >= 0.6 is 0 Å². The van der Waals surface area contributed by atoms with E-state index in [1.54, 1.807) is 25.4 Å². The molecule has 1 aromatic rings. The summed E-state index contributed by atoms with van der Waals surface area (Å²) < 4.78 is 17.7. The van der Waals surface area contributed by atoms with Gasteiger partial charge < -0.3 is 15.4 Å². The number of benzene rings is 1. The minimum absolute atomic E-state index is 0.139. The molecule has 7 heteroatoms. The zero-order valence-electron chi connectivity index (χ0n) is 30.1. The van der Waals surface area contributed by atoms with Crippen molar-refractivity contribution < 1.29 is 13.9 Å². The summed E-state index contributed by atoms with van der Waals surface area (Å²) in [6.45, 7) is 21.7. The number of aliphatic imine (C=N–C) groups is 2. The van der Waals surface area contributed by atoms with Gasteiger partial charge in [-0.1, -0.05) is 96.7 Å². The topological polar surface area (TPSA) is 75.1 Å². The molecule has 0 saturated heterocycles.